The molecule has 71 heavy (non-hydrogen) atoms. The van der Waals surface area contributed by atoms with Crippen LogP contribution in [0.4, 0.5) is 22.7 Å². The zero-order valence-electron chi connectivity index (χ0n) is 38.2. The first-order chi connectivity index (χ1) is 35.1. The lowest BCUT2D eigenvalue weighted by Crippen LogP contribution is -1.93. The lowest BCUT2D eigenvalue weighted by molar-refractivity contribution is 1.18. The van der Waals surface area contributed by atoms with Gasteiger partial charge in [-0.2, -0.15) is 21.0 Å². The predicted molar refractivity (Wildman–Crippen MR) is 277 cm³/mol. The zero-order valence-corrected chi connectivity index (χ0v) is 37.2. The van der Waals surface area contributed by atoms with Gasteiger partial charge in [-0.05, 0) is 194 Å². The molecule has 0 aliphatic heterocycles. The summed E-state index contributed by atoms with van der Waals surface area (Å²) in [5.74, 6) is 0. The third-order valence-electron chi connectivity index (χ3n) is 12.3. The molecule has 0 radical (unpaired) electrons. The van der Waals surface area contributed by atoms with E-state index in [0.717, 1.165) is 55.2 Å². The first-order valence-electron chi connectivity index (χ1n) is 22.3. The molecule has 322 valence electrons. The van der Waals surface area contributed by atoms with Crippen molar-refractivity contribution < 1.29 is 1.37 Å². The van der Waals surface area contributed by atoms with Gasteiger partial charge in [0.15, 0.2) is 22.7 Å². The molecule has 9 heteroatoms. The van der Waals surface area contributed by atoms with Crippen LogP contribution in [0, 0.1) is 71.6 Å². The van der Waals surface area contributed by atoms with Crippen molar-refractivity contribution in [3.05, 3.63) is 244 Å². The van der Waals surface area contributed by atoms with E-state index in [1.54, 1.807) is 66.7 Å². The van der Waals surface area contributed by atoms with E-state index in [9.17, 15) is 21.0 Å². The molecule has 0 saturated heterocycles. The van der Waals surface area contributed by atoms with Crippen molar-refractivity contribution in [3.63, 3.8) is 0 Å². The van der Waals surface area contributed by atoms with Gasteiger partial charge in [-0.25, -0.2) is 19.4 Å². The Hall–Kier alpha value is -11.3. The molecule has 0 atom stereocenters. The maximum Gasteiger partial charge on any atom is 0.189 e. The average molecular weight is 901 g/mol. The minimum absolute atomic E-state index is 0.306. The van der Waals surface area contributed by atoms with Crippen LogP contribution in [0.25, 0.3) is 114 Å². The highest BCUT2D eigenvalue weighted by molar-refractivity contribution is 6.12. The van der Waals surface area contributed by atoms with Gasteiger partial charge >= 0.3 is 0 Å². The molecule has 0 amide bonds. The van der Waals surface area contributed by atoms with Crippen LogP contribution >= 0.6 is 0 Å². The number of benzene rings is 9. The fraction of sp³-hybridized carbons (Fsp3) is 0. The fourth-order valence-corrected chi connectivity index (χ4v) is 9.05. The summed E-state index contributed by atoms with van der Waals surface area (Å²) in [6.45, 7) is 31.1. The number of aromatic nitrogens is 1. The van der Waals surface area contributed by atoms with Gasteiger partial charge in [-0.15, -0.1) is 0 Å². The number of rotatable bonds is 7. The second-order valence-corrected chi connectivity index (χ2v) is 16.6. The van der Waals surface area contributed by atoms with Crippen LogP contribution in [0.15, 0.2) is 176 Å². The molecule has 10 rings (SSSR count). The Morgan fingerprint density at radius 3 is 1.06 bits per heavy atom. The summed E-state index contributed by atoms with van der Waals surface area (Å²) in [5, 5.41) is 41.5. The van der Waals surface area contributed by atoms with E-state index in [4.69, 9.17) is 27.7 Å². The van der Waals surface area contributed by atoms with Gasteiger partial charge < -0.3 is 4.57 Å². The van der Waals surface area contributed by atoms with Crippen LogP contribution in [0.2, 0.25) is 0 Å². The maximum absolute atomic E-state index is 9.93. The summed E-state index contributed by atoms with van der Waals surface area (Å²) in [6.07, 6.45) is 0. The number of hydrogen-bond acceptors (Lipinski definition) is 4. The van der Waals surface area contributed by atoms with Crippen molar-refractivity contribution >= 4 is 44.6 Å². The van der Waals surface area contributed by atoms with E-state index >= 15 is 0 Å². The molecular weight excluding hydrogens is 871 g/mol. The molecule has 9 aromatic carbocycles. The third-order valence-corrected chi connectivity index (χ3v) is 12.3. The minimum atomic E-state index is 0.306. The molecule has 10 aromatic rings. The first-order valence-corrected chi connectivity index (χ1v) is 21.8. The largest absolute Gasteiger partial charge is 0.309 e. The summed E-state index contributed by atoms with van der Waals surface area (Å²) < 4.78 is 11.1. The quantitative estimate of drug-likeness (QED) is 0.148. The highest BCUT2D eigenvalue weighted by Gasteiger charge is 2.18. The monoisotopic (exact) mass is 900 g/mol. The molecule has 0 fully saturated rings. The van der Waals surface area contributed by atoms with E-state index in [1.807, 2.05) is 78.9 Å². The Kier molecular flexibility index (Phi) is 10.8. The molecule has 9 nitrogen and oxygen atoms in total. The molecule has 1 aromatic heterocycles. The molecule has 0 aliphatic carbocycles. The Bertz CT molecular complexity index is 3780. The molecule has 0 aliphatic rings. The predicted octanol–water partition coefficient (Wildman–Crippen LogP) is 16.5. The second-order valence-electron chi connectivity index (χ2n) is 16.6. The van der Waals surface area contributed by atoms with Crippen LogP contribution in [-0.4, -0.2) is 4.57 Å². The van der Waals surface area contributed by atoms with Crippen molar-refractivity contribution in [2.24, 2.45) is 0 Å². The number of para-hydroxylation sites is 1. The first kappa shape index (κ1) is 42.3. The SMILES string of the molecule is [2H]c1ccccc1-n1c2ccc(-c3cc(-c4cc(C#N)cc(C#N)c4)cc(-c4cc(C#N)cc([N+]#[C-])c4)c3)cc2c2cc(-c3cc(-c4cc(C#N)cc([N+]#[C-])c4)cc(-c4cc([N+]#[C-])cc([N+]#[C-])c4)c3)ccc21. The number of nitriles is 4. The van der Waals surface area contributed by atoms with Gasteiger partial charge in [-0.3, -0.25) is 0 Å². The van der Waals surface area contributed by atoms with E-state index in [0.29, 0.717) is 90.1 Å². The van der Waals surface area contributed by atoms with Gasteiger partial charge in [0.25, 0.3) is 0 Å². The van der Waals surface area contributed by atoms with Crippen LogP contribution in [0.3, 0.4) is 0 Å². The number of fused-ring (bicyclic) bond motifs is 3. The second kappa shape index (κ2) is 18.2. The van der Waals surface area contributed by atoms with Gasteiger partial charge in [0.05, 0.1) is 74.1 Å². The lowest BCUT2D eigenvalue weighted by Gasteiger charge is -2.13. The van der Waals surface area contributed by atoms with Crippen LogP contribution in [0.5, 0.6) is 0 Å². The molecule has 1 heterocycles. The minimum Gasteiger partial charge on any atom is -0.309 e. The third kappa shape index (κ3) is 8.31. The van der Waals surface area contributed by atoms with Crippen molar-refractivity contribution in [2.45, 2.75) is 0 Å². The van der Waals surface area contributed by atoms with Crippen LogP contribution in [0.1, 0.15) is 23.6 Å². The summed E-state index contributed by atoms with van der Waals surface area (Å²) in [5.41, 5.74) is 13.6. The van der Waals surface area contributed by atoms with E-state index in [1.165, 1.54) is 12.1 Å². The van der Waals surface area contributed by atoms with Crippen molar-refractivity contribution in [1.82, 2.24) is 4.57 Å². The number of nitrogens with zero attached hydrogens (tertiary/aromatic N) is 9. The molecule has 0 bridgehead atoms. The highest BCUT2D eigenvalue weighted by atomic mass is 15.0. The maximum atomic E-state index is 9.93. The van der Waals surface area contributed by atoms with E-state index in [2.05, 4.69) is 60.4 Å². The van der Waals surface area contributed by atoms with Crippen molar-refractivity contribution in [2.75, 3.05) is 0 Å². The zero-order chi connectivity index (χ0) is 50.0. The average Bonchev–Trinajstić information content (AvgIpc) is 3.76. The van der Waals surface area contributed by atoms with Crippen molar-refractivity contribution in [1.29, 1.82) is 21.0 Å². The molecule has 0 spiro atoms. The molecule has 0 N–H and O–H groups in total. The summed E-state index contributed by atoms with van der Waals surface area (Å²) >= 11 is 0. The van der Waals surface area contributed by atoms with Gasteiger partial charge in [-0.1, -0.05) is 48.5 Å². The van der Waals surface area contributed by atoms with Crippen molar-refractivity contribution in [3.8, 4) is 96.7 Å². The Morgan fingerprint density at radius 1 is 0.338 bits per heavy atom. The smallest absolute Gasteiger partial charge is 0.189 e. The number of hydrogen-bond donors (Lipinski definition) is 0. The molecule has 0 unspecified atom stereocenters. The lowest BCUT2D eigenvalue weighted by atomic mass is 9.91. The summed E-state index contributed by atoms with van der Waals surface area (Å²) in [7, 11) is 0. The summed E-state index contributed by atoms with van der Waals surface area (Å²) in [6, 6.07) is 60.6. The fourth-order valence-electron chi connectivity index (χ4n) is 9.05. The Balaban J connectivity index is 1.24. The van der Waals surface area contributed by atoms with Gasteiger partial charge in [0.2, 0.25) is 0 Å². The molecular formula is C62H29N9. The Morgan fingerprint density at radius 2 is 0.676 bits per heavy atom. The molecule has 0 saturated carbocycles. The van der Waals surface area contributed by atoms with E-state index < -0.39 is 0 Å². The van der Waals surface area contributed by atoms with E-state index in [-0.39, 0.29) is 0 Å². The topological polar surface area (TPSA) is 118 Å². The van der Waals surface area contributed by atoms with Gasteiger partial charge in [0.1, 0.15) is 0 Å². The van der Waals surface area contributed by atoms with Gasteiger partial charge in [0, 0.05) is 27.6 Å². The summed E-state index contributed by atoms with van der Waals surface area (Å²) in [4.78, 5) is 14.6. The van der Waals surface area contributed by atoms with Crippen LogP contribution in [-0.2, 0) is 0 Å². The normalized spacial score (nSPS) is 10.6. The van der Waals surface area contributed by atoms with Crippen LogP contribution < -0.4 is 0 Å². The highest BCUT2D eigenvalue weighted by Crippen LogP contribution is 2.42. The standard InChI is InChI=1S/C62H29N9/c1-67-54-19-40(36-65)17-45(27-54)50-22-47(21-49(25-50)44-15-38(34-63)14-39(16-44)35-64)42-10-12-61-59(31-42)60-32-43(11-13-62(60)71(61)58-8-6-5-7-9-58)48-23-51(46-18-41(37-66)20-55(28-46)68-2)26-52(24-48)53-29-56(69-3)33-57(30-53)70-4/h5-33H/i8D. The Labute approximate surface area is 410 Å².